The molecule has 3 aromatic rings. The first-order chi connectivity index (χ1) is 15.2. The van der Waals surface area contributed by atoms with Gasteiger partial charge in [-0.05, 0) is 19.1 Å². The molecule has 3 aromatic heterocycles. The molecule has 1 aliphatic rings. The summed E-state index contributed by atoms with van der Waals surface area (Å²) >= 11 is 0. The highest BCUT2D eigenvalue weighted by Gasteiger charge is 2.21. The number of rotatable bonds is 8. The van der Waals surface area contributed by atoms with Gasteiger partial charge in [-0.1, -0.05) is 6.92 Å². The van der Waals surface area contributed by atoms with E-state index >= 15 is 0 Å². The van der Waals surface area contributed by atoms with Gasteiger partial charge >= 0.3 is 0 Å². The standard InChI is InChI=1S/C22H25N5O4/c1-4-29-21-18(28-3)9-15(12-25-21)17-10-19(27-13-26-17)24-11-14(2)16-5-6-23-22-20(16)30-7-8-31-22/h5-6,9-10,12-14H,4,7-8,11H2,1-3H3,(H,24,26,27)/t14-/m1/s1. The van der Waals surface area contributed by atoms with Crippen molar-refractivity contribution in [3.8, 4) is 34.5 Å². The van der Waals surface area contributed by atoms with Crippen molar-refractivity contribution in [3.05, 3.63) is 42.5 Å². The Hall–Kier alpha value is -3.62. The Bertz CT molecular complexity index is 1050. The van der Waals surface area contributed by atoms with E-state index in [2.05, 4.69) is 32.2 Å². The molecular formula is C22H25N5O4. The fourth-order valence-electron chi connectivity index (χ4n) is 3.30. The Labute approximate surface area is 180 Å². The van der Waals surface area contributed by atoms with Crippen molar-refractivity contribution in [1.29, 1.82) is 0 Å². The molecule has 1 aliphatic heterocycles. The van der Waals surface area contributed by atoms with Crippen LogP contribution >= 0.6 is 0 Å². The maximum atomic E-state index is 5.78. The molecule has 9 nitrogen and oxygen atoms in total. The van der Waals surface area contributed by atoms with Crippen molar-refractivity contribution in [3.63, 3.8) is 0 Å². The lowest BCUT2D eigenvalue weighted by Gasteiger charge is -2.22. The molecule has 0 fully saturated rings. The molecule has 0 bridgehead atoms. The SMILES string of the molecule is CCOc1ncc(-c2cc(NC[C@@H](C)c3ccnc4c3OCCO4)ncn2)cc1OC. The first-order valence-corrected chi connectivity index (χ1v) is 10.2. The van der Waals surface area contributed by atoms with Crippen LogP contribution in [-0.4, -0.2) is 53.4 Å². The average Bonchev–Trinajstić information content (AvgIpc) is 2.82. The van der Waals surface area contributed by atoms with Crippen LogP contribution in [0, 0.1) is 0 Å². The van der Waals surface area contributed by atoms with Crippen molar-refractivity contribution < 1.29 is 18.9 Å². The maximum absolute atomic E-state index is 5.78. The molecule has 0 spiro atoms. The predicted molar refractivity (Wildman–Crippen MR) is 115 cm³/mol. The van der Waals surface area contributed by atoms with Crippen LogP contribution in [0.1, 0.15) is 25.3 Å². The van der Waals surface area contributed by atoms with Gasteiger partial charge in [0.25, 0.3) is 11.8 Å². The third-order valence-corrected chi connectivity index (χ3v) is 4.87. The van der Waals surface area contributed by atoms with Gasteiger partial charge in [-0.15, -0.1) is 0 Å². The number of methoxy groups -OCH3 is 1. The van der Waals surface area contributed by atoms with Gasteiger partial charge in [-0.25, -0.2) is 19.9 Å². The fourth-order valence-corrected chi connectivity index (χ4v) is 3.30. The number of anilines is 1. The largest absolute Gasteiger partial charge is 0.491 e. The van der Waals surface area contributed by atoms with E-state index in [9.17, 15) is 0 Å². The summed E-state index contributed by atoms with van der Waals surface area (Å²) in [6.07, 6.45) is 4.98. The second kappa shape index (κ2) is 9.46. The minimum Gasteiger partial charge on any atom is -0.491 e. The zero-order chi connectivity index (χ0) is 21.6. The van der Waals surface area contributed by atoms with Gasteiger partial charge in [-0.3, -0.25) is 0 Å². The summed E-state index contributed by atoms with van der Waals surface area (Å²) in [6.45, 7) is 6.23. The van der Waals surface area contributed by atoms with Gasteiger partial charge in [0.2, 0.25) is 0 Å². The summed E-state index contributed by atoms with van der Waals surface area (Å²) in [5.74, 6) is 3.16. The summed E-state index contributed by atoms with van der Waals surface area (Å²) in [7, 11) is 1.59. The fraction of sp³-hybridized carbons (Fsp3) is 0.364. The highest BCUT2D eigenvalue weighted by molar-refractivity contribution is 5.64. The molecule has 31 heavy (non-hydrogen) atoms. The number of aromatic nitrogens is 4. The number of pyridine rings is 2. The van der Waals surface area contributed by atoms with Crippen molar-refractivity contribution in [1.82, 2.24) is 19.9 Å². The van der Waals surface area contributed by atoms with Crippen molar-refractivity contribution in [2.45, 2.75) is 19.8 Å². The maximum Gasteiger partial charge on any atom is 0.257 e. The molecule has 1 atom stereocenters. The Kier molecular flexibility index (Phi) is 6.30. The van der Waals surface area contributed by atoms with Gasteiger partial charge in [0, 0.05) is 42.0 Å². The number of nitrogens with one attached hydrogen (secondary N) is 1. The van der Waals surface area contributed by atoms with Gasteiger partial charge < -0.3 is 24.3 Å². The van der Waals surface area contributed by atoms with E-state index in [4.69, 9.17) is 18.9 Å². The Morgan fingerprint density at radius 3 is 2.84 bits per heavy atom. The zero-order valence-corrected chi connectivity index (χ0v) is 17.8. The lowest BCUT2D eigenvalue weighted by atomic mass is 10.0. The molecule has 0 aliphatic carbocycles. The lowest BCUT2D eigenvalue weighted by Crippen LogP contribution is -2.19. The predicted octanol–water partition coefficient (Wildman–Crippen LogP) is 3.33. The quantitative estimate of drug-likeness (QED) is 0.584. The normalized spacial score (nSPS) is 13.4. The van der Waals surface area contributed by atoms with Crippen LogP contribution in [-0.2, 0) is 0 Å². The molecule has 4 heterocycles. The zero-order valence-electron chi connectivity index (χ0n) is 17.8. The average molecular weight is 423 g/mol. The van der Waals surface area contributed by atoms with Crippen LogP contribution in [0.2, 0.25) is 0 Å². The summed E-state index contributed by atoms with van der Waals surface area (Å²) in [6, 6.07) is 5.70. The summed E-state index contributed by atoms with van der Waals surface area (Å²) in [5, 5.41) is 3.38. The van der Waals surface area contributed by atoms with Gasteiger partial charge in [0.15, 0.2) is 11.5 Å². The monoisotopic (exact) mass is 423 g/mol. The van der Waals surface area contributed by atoms with Crippen LogP contribution in [0.3, 0.4) is 0 Å². The third kappa shape index (κ3) is 4.60. The molecule has 0 amide bonds. The van der Waals surface area contributed by atoms with Crippen molar-refractivity contribution >= 4 is 5.82 Å². The number of nitrogens with zero attached hydrogens (tertiary/aromatic N) is 4. The molecular weight excluding hydrogens is 398 g/mol. The Morgan fingerprint density at radius 2 is 2.00 bits per heavy atom. The number of ether oxygens (including phenoxy) is 4. The van der Waals surface area contributed by atoms with Crippen LogP contribution in [0.15, 0.2) is 36.9 Å². The molecule has 9 heteroatoms. The molecule has 0 radical (unpaired) electrons. The van der Waals surface area contributed by atoms with Gasteiger partial charge in [0.1, 0.15) is 25.4 Å². The number of fused-ring (bicyclic) bond motifs is 1. The molecule has 0 saturated heterocycles. The first kappa shape index (κ1) is 20.6. The minimum absolute atomic E-state index is 0.157. The molecule has 4 rings (SSSR count). The number of hydrogen-bond donors (Lipinski definition) is 1. The van der Waals surface area contributed by atoms with Crippen LogP contribution in [0.4, 0.5) is 5.82 Å². The highest BCUT2D eigenvalue weighted by atomic mass is 16.6. The van der Waals surface area contributed by atoms with E-state index < -0.39 is 0 Å². The van der Waals surface area contributed by atoms with E-state index in [1.54, 1.807) is 19.5 Å². The topological polar surface area (TPSA) is 101 Å². The minimum atomic E-state index is 0.157. The summed E-state index contributed by atoms with van der Waals surface area (Å²) in [5.41, 5.74) is 2.59. The van der Waals surface area contributed by atoms with Crippen molar-refractivity contribution in [2.24, 2.45) is 0 Å². The highest BCUT2D eigenvalue weighted by Crippen LogP contribution is 2.36. The molecule has 162 valence electrons. The molecule has 0 aromatic carbocycles. The summed E-state index contributed by atoms with van der Waals surface area (Å²) < 4.78 is 22.2. The smallest absolute Gasteiger partial charge is 0.257 e. The lowest BCUT2D eigenvalue weighted by molar-refractivity contribution is 0.162. The first-order valence-electron chi connectivity index (χ1n) is 10.2. The van der Waals surface area contributed by atoms with Crippen molar-refractivity contribution in [2.75, 3.05) is 38.8 Å². The third-order valence-electron chi connectivity index (χ3n) is 4.87. The number of hydrogen-bond acceptors (Lipinski definition) is 9. The molecule has 0 unspecified atom stereocenters. The van der Waals surface area contributed by atoms with Crippen LogP contribution in [0.25, 0.3) is 11.3 Å². The van der Waals surface area contributed by atoms with Crippen LogP contribution in [0.5, 0.6) is 23.3 Å². The Balaban J connectivity index is 1.48. The second-order valence-corrected chi connectivity index (χ2v) is 6.97. The van der Waals surface area contributed by atoms with E-state index in [1.165, 1.54) is 6.33 Å². The van der Waals surface area contributed by atoms with E-state index in [0.717, 1.165) is 22.6 Å². The second-order valence-electron chi connectivity index (χ2n) is 6.97. The van der Waals surface area contributed by atoms with E-state index in [0.29, 0.717) is 49.7 Å². The molecule has 0 saturated carbocycles. The van der Waals surface area contributed by atoms with Crippen LogP contribution < -0.4 is 24.3 Å². The Morgan fingerprint density at radius 1 is 1.13 bits per heavy atom. The summed E-state index contributed by atoms with van der Waals surface area (Å²) in [4.78, 5) is 17.3. The van der Waals surface area contributed by atoms with E-state index in [1.807, 2.05) is 25.1 Å². The van der Waals surface area contributed by atoms with Gasteiger partial charge in [-0.2, -0.15) is 0 Å². The van der Waals surface area contributed by atoms with Gasteiger partial charge in [0.05, 0.1) is 19.4 Å². The van der Waals surface area contributed by atoms with E-state index in [-0.39, 0.29) is 5.92 Å². The molecule has 1 N–H and O–H groups in total.